The van der Waals surface area contributed by atoms with Gasteiger partial charge in [-0.25, -0.2) is 0 Å². The van der Waals surface area contributed by atoms with Crippen molar-refractivity contribution in [1.29, 1.82) is 0 Å². The van der Waals surface area contributed by atoms with Crippen molar-refractivity contribution in [2.45, 2.75) is 26.8 Å². The van der Waals surface area contributed by atoms with E-state index in [1.807, 2.05) is 0 Å². The highest BCUT2D eigenvalue weighted by Gasteiger charge is 2.21. The van der Waals surface area contributed by atoms with Crippen molar-refractivity contribution in [3.63, 3.8) is 0 Å². The maximum Gasteiger partial charge on any atom is 0.257 e. The van der Waals surface area contributed by atoms with Crippen molar-refractivity contribution in [3.05, 3.63) is 17.0 Å². The van der Waals surface area contributed by atoms with E-state index in [1.165, 1.54) is 7.05 Å². The predicted molar refractivity (Wildman–Crippen MR) is 57.0 cm³/mol. The van der Waals surface area contributed by atoms with Gasteiger partial charge in [0.05, 0.1) is 5.69 Å². The molecule has 1 aromatic rings. The first-order chi connectivity index (χ1) is 7.47. The Kier molecular flexibility index (Phi) is 3.65. The van der Waals surface area contributed by atoms with Gasteiger partial charge in [-0.3, -0.25) is 9.59 Å². The molecule has 16 heavy (non-hydrogen) atoms. The molecule has 0 saturated heterocycles. The van der Waals surface area contributed by atoms with E-state index in [0.29, 0.717) is 17.0 Å². The summed E-state index contributed by atoms with van der Waals surface area (Å²) in [6.07, 6.45) is 0. The van der Waals surface area contributed by atoms with Gasteiger partial charge in [-0.05, 0) is 20.8 Å². The van der Waals surface area contributed by atoms with Gasteiger partial charge in [0.15, 0.2) is 0 Å². The van der Waals surface area contributed by atoms with Crippen LogP contribution in [0.1, 0.15) is 28.7 Å². The van der Waals surface area contributed by atoms with Crippen LogP contribution < -0.4 is 10.6 Å². The van der Waals surface area contributed by atoms with Gasteiger partial charge in [0.2, 0.25) is 5.91 Å². The molecule has 2 N–H and O–H groups in total. The van der Waals surface area contributed by atoms with Gasteiger partial charge in [0, 0.05) is 7.05 Å². The minimum absolute atomic E-state index is 0.250. The fourth-order valence-corrected chi connectivity index (χ4v) is 1.36. The Balaban J connectivity index is 2.77. The van der Waals surface area contributed by atoms with Gasteiger partial charge >= 0.3 is 0 Å². The van der Waals surface area contributed by atoms with Gasteiger partial charge in [0.25, 0.3) is 5.91 Å². The lowest BCUT2D eigenvalue weighted by Gasteiger charge is -2.11. The number of aryl methyl sites for hydroxylation is 2. The largest absolute Gasteiger partial charge is 0.361 e. The molecule has 1 atom stereocenters. The molecule has 6 heteroatoms. The van der Waals surface area contributed by atoms with E-state index in [1.54, 1.807) is 20.8 Å². The van der Waals surface area contributed by atoms with Crippen LogP contribution in [0.5, 0.6) is 0 Å². The highest BCUT2D eigenvalue weighted by Crippen LogP contribution is 2.11. The lowest BCUT2D eigenvalue weighted by molar-refractivity contribution is -0.122. The maximum atomic E-state index is 11.8. The Morgan fingerprint density at radius 3 is 2.44 bits per heavy atom. The van der Waals surface area contributed by atoms with Crippen molar-refractivity contribution < 1.29 is 14.1 Å². The molecule has 0 aliphatic rings. The number of hydrogen-bond acceptors (Lipinski definition) is 4. The van der Waals surface area contributed by atoms with Crippen molar-refractivity contribution in [2.24, 2.45) is 0 Å². The molecule has 0 fully saturated rings. The quantitative estimate of drug-likeness (QED) is 0.767. The van der Waals surface area contributed by atoms with Crippen LogP contribution in [0, 0.1) is 13.8 Å². The molecule has 0 aromatic carbocycles. The van der Waals surface area contributed by atoms with Crippen molar-refractivity contribution in [3.8, 4) is 0 Å². The SMILES string of the molecule is CNC(=O)C(C)NC(=O)c1c(C)noc1C. The fraction of sp³-hybridized carbons (Fsp3) is 0.500. The van der Waals surface area contributed by atoms with Crippen LogP contribution in [0.3, 0.4) is 0 Å². The molecule has 0 radical (unpaired) electrons. The second-order valence-corrected chi connectivity index (χ2v) is 3.51. The third-order valence-electron chi connectivity index (χ3n) is 2.25. The number of carbonyl (C=O) groups excluding carboxylic acids is 2. The normalized spacial score (nSPS) is 12.0. The molecule has 0 aliphatic heterocycles. The zero-order valence-electron chi connectivity index (χ0n) is 9.75. The highest BCUT2D eigenvalue weighted by atomic mass is 16.5. The highest BCUT2D eigenvalue weighted by molar-refractivity contribution is 5.98. The van der Waals surface area contributed by atoms with E-state index in [4.69, 9.17) is 4.52 Å². The molecular weight excluding hydrogens is 210 g/mol. The van der Waals surface area contributed by atoms with Crippen LogP contribution in [0.25, 0.3) is 0 Å². The fourth-order valence-electron chi connectivity index (χ4n) is 1.36. The molecule has 0 spiro atoms. The number of nitrogens with zero attached hydrogens (tertiary/aromatic N) is 1. The number of nitrogens with one attached hydrogen (secondary N) is 2. The van der Waals surface area contributed by atoms with E-state index in [-0.39, 0.29) is 11.8 Å². The summed E-state index contributed by atoms with van der Waals surface area (Å²) in [6, 6.07) is -0.591. The van der Waals surface area contributed by atoms with E-state index in [9.17, 15) is 9.59 Å². The summed E-state index contributed by atoms with van der Waals surface area (Å²) in [5.41, 5.74) is 0.898. The zero-order chi connectivity index (χ0) is 12.3. The second kappa shape index (κ2) is 4.78. The topological polar surface area (TPSA) is 84.2 Å². The van der Waals surface area contributed by atoms with E-state index >= 15 is 0 Å². The number of hydrogen-bond donors (Lipinski definition) is 2. The van der Waals surface area contributed by atoms with E-state index < -0.39 is 6.04 Å². The molecule has 0 bridgehead atoms. The average molecular weight is 225 g/mol. The molecule has 1 rings (SSSR count). The molecule has 6 nitrogen and oxygen atoms in total. The summed E-state index contributed by atoms with van der Waals surface area (Å²) in [6.45, 7) is 4.93. The lowest BCUT2D eigenvalue weighted by atomic mass is 10.2. The predicted octanol–water partition coefficient (Wildman–Crippen LogP) is 0.156. The number of aromatic nitrogens is 1. The Bertz CT molecular complexity index is 392. The van der Waals surface area contributed by atoms with Gasteiger partial charge in [-0.15, -0.1) is 0 Å². The first-order valence-corrected chi connectivity index (χ1v) is 4.92. The summed E-state index contributed by atoms with van der Waals surface area (Å²) in [4.78, 5) is 23.0. The van der Waals surface area contributed by atoms with Crippen LogP contribution in [-0.2, 0) is 4.79 Å². The van der Waals surface area contributed by atoms with Crippen LogP contribution in [0.4, 0.5) is 0 Å². The van der Waals surface area contributed by atoms with Gasteiger partial charge < -0.3 is 15.2 Å². The van der Waals surface area contributed by atoms with Crippen LogP contribution in [0.2, 0.25) is 0 Å². The Labute approximate surface area is 93.4 Å². The molecule has 1 aromatic heterocycles. The summed E-state index contributed by atoms with van der Waals surface area (Å²) in [5, 5.41) is 8.69. The Morgan fingerprint density at radius 1 is 1.38 bits per heavy atom. The molecule has 1 unspecified atom stereocenters. The van der Waals surface area contributed by atoms with Gasteiger partial charge in [-0.1, -0.05) is 5.16 Å². The maximum absolute atomic E-state index is 11.8. The molecule has 0 aliphatic carbocycles. The van der Waals surface area contributed by atoms with Crippen molar-refractivity contribution in [1.82, 2.24) is 15.8 Å². The van der Waals surface area contributed by atoms with Crippen LogP contribution >= 0.6 is 0 Å². The lowest BCUT2D eigenvalue weighted by Crippen LogP contribution is -2.43. The first kappa shape index (κ1) is 12.2. The van der Waals surface area contributed by atoms with Crippen molar-refractivity contribution >= 4 is 11.8 Å². The summed E-state index contributed by atoms with van der Waals surface area (Å²) in [5.74, 6) is -0.161. The zero-order valence-corrected chi connectivity index (χ0v) is 9.75. The van der Waals surface area contributed by atoms with Crippen molar-refractivity contribution in [2.75, 3.05) is 7.05 Å². The summed E-state index contributed by atoms with van der Waals surface area (Å²) >= 11 is 0. The number of rotatable bonds is 3. The number of likely N-dealkylation sites (N-methyl/N-ethyl adjacent to an activating group) is 1. The molecule has 2 amide bonds. The molecule has 88 valence electrons. The monoisotopic (exact) mass is 225 g/mol. The standard InChI is InChI=1S/C10H15N3O3/c1-5-8(7(3)16-13-5)10(15)12-6(2)9(14)11-4/h6H,1-4H3,(H,11,14)(H,12,15). The van der Waals surface area contributed by atoms with E-state index in [0.717, 1.165) is 0 Å². The third kappa shape index (κ3) is 2.39. The summed E-state index contributed by atoms with van der Waals surface area (Å²) in [7, 11) is 1.51. The van der Waals surface area contributed by atoms with Crippen LogP contribution in [-0.4, -0.2) is 30.1 Å². The first-order valence-electron chi connectivity index (χ1n) is 4.92. The molecular formula is C10H15N3O3. The Hall–Kier alpha value is -1.85. The van der Waals surface area contributed by atoms with Crippen LogP contribution in [0.15, 0.2) is 4.52 Å². The average Bonchev–Trinajstić information content (AvgIpc) is 2.57. The minimum Gasteiger partial charge on any atom is -0.361 e. The van der Waals surface area contributed by atoms with E-state index in [2.05, 4.69) is 15.8 Å². The van der Waals surface area contributed by atoms with Gasteiger partial charge in [-0.2, -0.15) is 0 Å². The molecule has 1 heterocycles. The smallest absolute Gasteiger partial charge is 0.257 e. The van der Waals surface area contributed by atoms with Gasteiger partial charge in [0.1, 0.15) is 17.4 Å². The minimum atomic E-state index is -0.591. The third-order valence-corrected chi connectivity index (χ3v) is 2.25. The summed E-state index contributed by atoms with van der Waals surface area (Å²) < 4.78 is 4.87. The Morgan fingerprint density at radius 2 is 2.00 bits per heavy atom. The molecule has 0 saturated carbocycles. The second-order valence-electron chi connectivity index (χ2n) is 3.51. The number of amides is 2. The number of carbonyl (C=O) groups is 2.